The molecular formula is C21H28N2O3. The van der Waals surface area contributed by atoms with Crippen molar-refractivity contribution in [2.75, 3.05) is 6.61 Å². The zero-order valence-corrected chi connectivity index (χ0v) is 16.2. The minimum atomic E-state index is -0.192. The first kappa shape index (κ1) is 19.8. The van der Waals surface area contributed by atoms with Crippen molar-refractivity contribution in [2.24, 2.45) is 5.92 Å². The van der Waals surface area contributed by atoms with Gasteiger partial charge >= 0.3 is 0 Å². The maximum Gasteiger partial charge on any atom is 0.251 e. The van der Waals surface area contributed by atoms with Gasteiger partial charge in [0.2, 0.25) is 5.43 Å². The molecule has 2 aromatic rings. The summed E-state index contributed by atoms with van der Waals surface area (Å²) >= 11 is 0. The lowest BCUT2D eigenvalue weighted by Crippen LogP contribution is -2.24. The second-order valence-corrected chi connectivity index (χ2v) is 7.90. The van der Waals surface area contributed by atoms with Crippen LogP contribution in [0.15, 0.2) is 41.3 Å². The van der Waals surface area contributed by atoms with Crippen molar-refractivity contribution in [3.8, 4) is 5.75 Å². The highest BCUT2D eigenvalue weighted by Gasteiger charge is 2.14. The molecule has 0 aliphatic heterocycles. The number of hydrogen-bond donors (Lipinski definition) is 2. The van der Waals surface area contributed by atoms with Crippen LogP contribution in [0.3, 0.4) is 0 Å². The molecule has 1 aromatic carbocycles. The number of carbonyl (C=O) groups is 1. The van der Waals surface area contributed by atoms with Gasteiger partial charge < -0.3 is 15.0 Å². The van der Waals surface area contributed by atoms with E-state index in [0.29, 0.717) is 29.5 Å². The summed E-state index contributed by atoms with van der Waals surface area (Å²) in [6, 6.07) is 9.04. The third-order valence-electron chi connectivity index (χ3n) is 3.96. The number of H-pyrrole nitrogens is 1. The van der Waals surface area contributed by atoms with E-state index < -0.39 is 0 Å². The molecule has 0 saturated carbocycles. The Morgan fingerprint density at radius 1 is 1.19 bits per heavy atom. The predicted molar refractivity (Wildman–Crippen MR) is 104 cm³/mol. The molecule has 0 saturated heterocycles. The highest BCUT2D eigenvalue weighted by molar-refractivity contribution is 5.94. The van der Waals surface area contributed by atoms with Crippen molar-refractivity contribution >= 4 is 5.91 Å². The summed E-state index contributed by atoms with van der Waals surface area (Å²) in [5.41, 5.74) is 2.26. The molecule has 26 heavy (non-hydrogen) atoms. The first-order chi connectivity index (χ1) is 12.2. The van der Waals surface area contributed by atoms with Gasteiger partial charge in [0.1, 0.15) is 0 Å². The minimum absolute atomic E-state index is 0.0495. The van der Waals surface area contributed by atoms with Crippen LogP contribution < -0.4 is 15.5 Å². The number of nitrogens with one attached hydrogen (secondary N) is 2. The Bertz CT molecular complexity index is 799. The van der Waals surface area contributed by atoms with Crippen molar-refractivity contribution in [3.05, 3.63) is 63.6 Å². The number of rotatable bonds is 6. The molecule has 0 spiro atoms. The lowest BCUT2D eigenvalue weighted by molar-refractivity contribution is 0.0950. The van der Waals surface area contributed by atoms with Gasteiger partial charge in [-0.3, -0.25) is 9.59 Å². The second kappa shape index (κ2) is 8.21. The summed E-state index contributed by atoms with van der Waals surface area (Å²) in [6.07, 6.45) is 1.55. The molecular weight excluding hydrogens is 328 g/mol. The van der Waals surface area contributed by atoms with Crippen LogP contribution in [0, 0.1) is 5.92 Å². The minimum Gasteiger partial charge on any atom is -0.488 e. The van der Waals surface area contributed by atoms with E-state index in [1.807, 2.05) is 38.1 Å². The first-order valence-electron chi connectivity index (χ1n) is 8.90. The lowest BCUT2D eigenvalue weighted by atomic mass is 9.87. The first-order valence-corrected chi connectivity index (χ1v) is 8.90. The number of amides is 1. The van der Waals surface area contributed by atoms with Crippen LogP contribution in [0.1, 0.15) is 56.2 Å². The Balaban J connectivity index is 1.97. The molecule has 0 unspecified atom stereocenters. The van der Waals surface area contributed by atoms with Crippen molar-refractivity contribution in [1.29, 1.82) is 0 Å². The van der Waals surface area contributed by atoms with E-state index in [1.165, 1.54) is 11.6 Å². The molecule has 0 radical (unpaired) electrons. The van der Waals surface area contributed by atoms with Crippen LogP contribution in [0.2, 0.25) is 0 Å². The van der Waals surface area contributed by atoms with Crippen LogP contribution in [0.25, 0.3) is 0 Å². The summed E-state index contributed by atoms with van der Waals surface area (Å²) < 4.78 is 5.46. The van der Waals surface area contributed by atoms with E-state index in [-0.39, 0.29) is 23.3 Å². The summed E-state index contributed by atoms with van der Waals surface area (Å²) in [5, 5.41) is 2.82. The average molecular weight is 356 g/mol. The second-order valence-electron chi connectivity index (χ2n) is 7.90. The van der Waals surface area contributed by atoms with Crippen LogP contribution in [0.4, 0.5) is 0 Å². The van der Waals surface area contributed by atoms with Gasteiger partial charge in [-0.05, 0) is 29.0 Å². The van der Waals surface area contributed by atoms with Gasteiger partial charge in [0.25, 0.3) is 5.91 Å². The molecule has 2 rings (SSSR count). The third-order valence-corrected chi connectivity index (χ3v) is 3.96. The highest BCUT2D eigenvalue weighted by Crippen LogP contribution is 2.22. The molecule has 1 heterocycles. The molecule has 0 atom stereocenters. The molecule has 2 N–H and O–H groups in total. The Morgan fingerprint density at radius 3 is 2.38 bits per heavy atom. The summed E-state index contributed by atoms with van der Waals surface area (Å²) in [5.74, 6) is 0.469. The van der Waals surface area contributed by atoms with Crippen LogP contribution in [-0.4, -0.2) is 17.5 Å². The number of ether oxygens (including phenoxy) is 1. The Kier molecular flexibility index (Phi) is 6.24. The van der Waals surface area contributed by atoms with E-state index in [4.69, 9.17) is 4.74 Å². The van der Waals surface area contributed by atoms with Crippen molar-refractivity contribution < 1.29 is 9.53 Å². The molecule has 5 nitrogen and oxygen atoms in total. The van der Waals surface area contributed by atoms with Crippen molar-refractivity contribution in [2.45, 2.75) is 46.6 Å². The summed E-state index contributed by atoms with van der Waals surface area (Å²) in [6.45, 7) is 11.2. The largest absolute Gasteiger partial charge is 0.488 e. The van der Waals surface area contributed by atoms with Gasteiger partial charge in [-0.1, -0.05) is 46.8 Å². The highest BCUT2D eigenvalue weighted by atomic mass is 16.5. The zero-order chi connectivity index (χ0) is 19.3. The number of benzene rings is 1. The van der Waals surface area contributed by atoms with E-state index in [0.717, 1.165) is 0 Å². The smallest absolute Gasteiger partial charge is 0.251 e. The fourth-order valence-corrected chi connectivity index (χ4v) is 2.37. The van der Waals surface area contributed by atoms with E-state index in [9.17, 15) is 9.59 Å². The molecule has 5 heteroatoms. The fourth-order valence-electron chi connectivity index (χ4n) is 2.37. The maximum absolute atomic E-state index is 12.3. The predicted octanol–water partition coefficient (Wildman–Crippen LogP) is 3.64. The normalized spacial score (nSPS) is 11.5. The van der Waals surface area contributed by atoms with Crippen LogP contribution >= 0.6 is 0 Å². The quantitative estimate of drug-likeness (QED) is 0.830. The summed E-state index contributed by atoms with van der Waals surface area (Å²) in [4.78, 5) is 27.3. The van der Waals surface area contributed by atoms with Gasteiger partial charge in [0, 0.05) is 23.5 Å². The van der Waals surface area contributed by atoms with Gasteiger partial charge in [0.15, 0.2) is 5.75 Å². The molecule has 0 bridgehead atoms. The van der Waals surface area contributed by atoms with Gasteiger partial charge in [0.05, 0.1) is 13.2 Å². The Hall–Kier alpha value is -2.56. The van der Waals surface area contributed by atoms with Crippen molar-refractivity contribution in [3.63, 3.8) is 0 Å². The molecule has 1 aromatic heterocycles. The van der Waals surface area contributed by atoms with Gasteiger partial charge in [-0.25, -0.2) is 0 Å². The lowest BCUT2D eigenvalue weighted by Gasteiger charge is -2.19. The number of aromatic amines is 1. The zero-order valence-electron chi connectivity index (χ0n) is 16.2. The van der Waals surface area contributed by atoms with Crippen LogP contribution in [-0.2, 0) is 12.0 Å². The maximum atomic E-state index is 12.3. The molecule has 0 fully saturated rings. The number of hydrogen-bond acceptors (Lipinski definition) is 3. The van der Waals surface area contributed by atoms with Crippen molar-refractivity contribution in [1.82, 2.24) is 10.3 Å². The standard InChI is InChI=1S/C21H28N2O3/c1-14(2)13-26-19-12-22-17(10-18(19)24)11-23-20(25)15-6-8-16(9-7-15)21(3,4)5/h6-10,12,14H,11,13H2,1-5H3,(H,22,24)(H,23,25). The molecule has 140 valence electrons. The van der Waals surface area contributed by atoms with Gasteiger partial charge in [-0.2, -0.15) is 0 Å². The number of carbonyl (C=O) groups excluding carboxylic acids is 1. The van der Waals surface area contributed by atoms with E-state index in [1.54, 1.807) is 6.20 Å². The molecule has 1 amide bonds. The SMILES string of the molecule is CC(C)COc1c[nH]c(CNC(=O)c2ccc(C(C)(C)C)cc2)cc1=O. The average Bonchev–Trinajstić information content (AvgIpc) is 2.58. The molecule has 0 aliphatic rings. The topological polar surface area (TPSA) is 71.2 Å². The van der Waals surface area contributed by atoms with Gasteiger partial charge in [-0.15, -0.1) is 0 Å². The summed E-state index contributed by atoms with van der Waals surface area (Å²) in [7, 11) is 0. The fraction of sp³-hybridized carbons (Fsp3) is 0.429. The number of pyridine rings is 1. The Morgan fingerprint density at radius 2 is 1.85 bits per heavy atom. The van der Waals surface area contributed by atoms with Crippen LogP contribution in [0.5, 0.6) is 5.75 Å². The van der Waals surface area contributed by atoms with E-state index >= 15 is 0 Å². The monoisotopic (exact) mass is 356 g/mol. The third kappa shape index (κ3) is 5.48. The Labute approximate surface area is 154 Å². The molecule has 0 aliphatic carbocycles. The number of aromatic nitrogens is 1. The van der Waals surface area contributed by atoms with E-state index in [2.05, 4.69) is 31.1 Å².